The first kappa shape index (κ1) is 44.7. The van der Waals surface area contributed by atoms with E-state index in [1.807, 2.05) is 72.5 Å². The Hall–Kier alpha value is -1.01. The van der Waals surface area contributed by atoms with Crippen LogP contribution in [0.15, 0.2) is 0 Å². The summed E-state index contributed by atoms with van der Waals surface area (Å²) in [6, 6.07) is -0.781. The first-order valence-electron chi connectivity index (χ1n) is 19.6. The molecule has 4 saturated heterocycles. The average Bonchev–Trinajstić information content (AvgIpc) is 3.89. The quantitative estimate of drug-likeness (QED) is 0.220. The number of aliphatic hydroxyl groups excluding tert-OH is 2. The third-order valence-corrected chi connectivity index (χ3v) is 13.1. The molecule has 14 nitrogen and oxygen atoms in total. The first-order chi connectivity index (χ1) is 24.5. The molecule has 1 spiro atoms. The Morgan fingerprint density at radius 3 is 2.15 bits per heavy atom. The first-order valence-corrected chi connectivity index (χ1v) is 19.6. The number of cyclic esters (lactones) is 1. The molecule has 4 heterocycles. The molecule has 0 unspecified atom stereocenters. The summed E-state index contributed by atoms with van der Waals surface area (Å²) in [6.07, 6.45) is -6.48. The second-order valence-electron chi connectivity index (χ2n) is 17.8. The fraction of sp³-hybridized carbons (Fsp3) is 0.974. The molecule has 0 amide bonds. The van der Waals surface area contributed by atoms with Crippen LogP contribution in [0.3, 0.4) is 0 Å². The van der Waals surface area contributed by atoms with Gasteiger partial charge in [0.2, 0.25) is 0 Å². The highest BCUT2D eigenvalue weighted by Crippen LogP contribution is 2.51. The standard InChI is InChI=1S/C39H72N2O12/c1-15-28-38(10,46)32(43)25(6)41(13)19-21(2)17-36(8,45)33(53-35-30(42)27(40(11)12)16-22(3)49-35)23(4)31(24(5)34(44)51-28)52-29-18-37(9,47-14)39(20-48-39)26(7)50-29/h21-33,35,42-43,45-46H,15-20H2,1-14H3/t21-,22-,23+,24-,25-,26+,27+,28-,29+,30-,31+,32-,33-,35+,36+,37-,38-,39-/m1/s1. The third-order valence-electron chi connectivity index (χ3n) is 13.1. The van der Waals surface area contributed by atoms with Crippen molar-refractivity contribution in [2.75, 3.05) is 41.4 Å². The lowest BCUT2D eigenvalue weighted by atomic mass is 9.77. The fourth-order valence-corrected chi connectivity index (χ4v) is 9.40. The Morgan fingerprint density at radius 1 is 0.981 bits per heavy atom. The number of methoxy groups -OCH3 is 1. The Bertz CT molecular complexity index is 1220. The molecule has 4 fully saturated rings. The molecule has 310 valence electrons. The number of esters is 1. The van der Waals surface area contributed by atoms with Gasteiger partial charge in [-0.1, -0.05) is 20.8 Å². The largest absolute Gasteiger partial charge is 0.459 e. The van der Waals surface area contributed by atoms with E-state index in [1.54, 1.807) is 27.9 Å². The van der Waals surface area contributed by atoms with Gasteiger partial charge in [0.15, 0.2) is 12.6 Å². The predicted molar refractivity (Wildman–Crippen MR) is 197 cm³/mol. The summed E-state index contributed by atoms with van der Waals surface area (Å²) >= 11 is 0. The second-order valence-corrected chi connectivity index (χ2v) is 17.8. The van der Waals surface area contributed by atoms with E-state index in [0.29, 0.717) is 26.0 Å². The SMILES string of the molecule is CC[C@H]1OC(=O)[C@H](C)[C@@H](O[C@H]2C[C@@](C)(OC)[C@@]3(CO3)[C@H](C)O2)[C@H](C)[C@@H](O[C@@H]2O[C@H](C)C[C@H](N(C)C)[C@H]2O)[C@@](C)(O)C[C@@H](C)CN(C)[C@H](C)[C@@H](O)[C@]1(C)O. The van der Waals surface area contributed by atoms with Crippen LogP contribution in [-0.2, 0) is 38.0 Å². The highest BCUT2D eigenvalue weighted by atomic mass is 16.7. The zero-order valence-electron chi connectivity index (χ0n) is 34.8. The van der Waals surface area contributed by atoms with E-state index >= 15 is 0 Å². The summed E-state index contributed by atoms with van der Waals surface area (Å²) in [6.45, 7) is 19.1. The number of carbonyl (C=O) groups is 1. The molecule has 0 saturated carbocycles. The molecule has 0 aliphatic carbocycles. The molecule has 4 aliphatic heterocycles. The van der Waals surface area contributed by atoms with Crippen LogP contribution < -0.4 is 0 Å². The molecule has 14 heteroatoms. The smallest absolute Gasteiger partial charge is 0.311 e. The molecule has 4 N–H and O–H groups in total. The van der Waals surface area contributed by atoms with Crippen molar-refractivity contribution in [3.8, 4) is 0 Å². The van der Waals surface area contributed by atoms with Crippen molar-refractivity contribution in [3.05, 3.63) is 0 Å². The van der Waals surface area contributed by atoms with Gasteiger partial charge >= 0.3 is 5.97 Å². The maximum absolute atomic E-state index is 14.3. The van der Waals surface area contributed by atoms with Crippen LogP contribution in [0.4, 0.5) is 0 Å². The van der Waals surface area contributed by atoms with Crippen molar-refractivity contribution in [1.82, 2.24) is 9.80 Å². The van der Waals surface area contributed by atoms with E-state index in [9.17, 15) is 25.2 Å². The molecular weight excluding hydrogens is 688 g/mol. The zero-order chi connectivity index (χ0) is 40.0. The maximum atomic E-state index is 14.3. The van der Waals surface area contributed by atoms with Crippen LogP contribution in [0.5, 0.6) is 0 Å². The lowest BCUT2D eigenvalue weighted by Gasteiger charge is -2.49. The molecule has 4 rings (SSSR count). The van der Waals surface area contributed by atoms with Crippen molar-refractivity contribution in [2.24, 2.45) is 17.8 Å². The van der Waals surface area contributed by atoms with Gasteiger partial charge in [-0.3, -0.25) is 4.79 Å². The van der Waals surface area contributed by atoms with Gasteiger partial charge in [0, 0.05) is 38.1 Å². The van der Waals surface area contributed by atoms with E-state index in [2.05, 4.69) is 0 Å². The Kier molecular flexibility index (Phi) is 14.2. The van der Waals surface area contributed by atoms with Crippen LogP contribution in [0.25, 0.3) is 0 Å². The van der Waals surface area contributed by atoms with Gasteiger partial charge in [-0.25, -0.2) is 0 Å². The zero-order valence-corrected chi connectivity index (χ0v) is 34.8. The topological polar surface area (TPSA) is 172 Å². The van der Waals surface area contributed by atoms with E-state index in [-0.39, 0.29) is 30.9 Å². The number of hydrogen-bond acceptors (Lipinski definition) is 14. The maximum Gasteiger partial charge on any atom is 0.311 e. The van der Waals surface area contributed by atoms with Crippen molar-refractivity contribution >= 4 is 5.97 Å². The lowest BCUT2D eigenvalue weighted by Crippen LogP contribution is -2.61. The number of ether oxygens (including phenoxy) is 7. The van der Waals surface area contributed by atoms with Crippen molar-refractivity contribution < 1.29 is 58.4 Å². The molecule has 53 heavy (non-hydrogen) atoms. The summed E-state index contributed by atoms with van der Waals surface area (Å²) in [7, 11) is 7.29. The van der Waals surface area contributed by atoms with Gasteiger partial charge in [0.1, 0.15) is 35.1 Å². The number of likely N-dealkylation sites (N-methyl/N-ethyl adjacent to an activating group) is 2. The van der Waals surface area contributed by atoms with E-state index in [4.69, 9.17) is 33.2 Å². The highest BCUT2D eigenvalue weighted by molar-refractivity contribution is 5.73. The number of nitrogens with zero attached hydrogens (tertiary/aromatic N) is 2. The minimum absolute atomic E-state index is 0.125. The van der Waals surface area contributed by atoms with Crippen LogP contribution >= 0.6 is 0 Å². The van der Waals surface area contributed by atoms with Crippen LogP contribution in [0, 0.1) is 17.8 Å². The number of carbonyl (C=O) groups excluding carboxylic acids is 1. The fourth-order valence-electron chi connectivity index (χ4n) is 9.40. The Labute approximate surface area is 317 Å². The van der Waals surface area contributed by atoms with Gasteiger partial charge in [-0.15, -0.1) is 0 Å². The van der Waals surface area contributed by atoms with Crippen molar-refractivity contribution in [3.63, 3.8) is 0 Å². The third kappa shape index (κ3) is 9.10. The minimum Gasteiger partial charge on any atom is -0.459 e. The summed E-state index contributed by atoms with van der Waals surface area (Å²) < 4.78 is 44.3. The Morgan fingerprint density at radius 2 is 1.60 bits per heavy atom. The van der Waals surface area contributed by atoms with E-state index in [1.165, 1.54) is 6.92 Å². The molecule has 4 aliphatic rings. The number of rotatable bonds is 7. The van der Waals surface area contributed by atoms with Crippen molar-refractivity contribution in [1.29, 1.82) is 0 Å². The molecule has 0 radical (unpaired) electrons. The van der Waals surface area contributed by atoms with Crippen molar-refractivity contribution in [2.45, 2.75) is 185 Å². The monoisotopic (exact) mass is 761 g/mol. The predicted octanol–water partition coefficient (Wildman–Crippen LogP) is 2.31. The number of aliphatic hydroxyl groups is 4. The van der Waals surface area contributed by atoms with Gasteiger partial charge in [-0.05, 0) is 94.8 Å². The summed E-state index contributed by atoms with van der Waals surface area (Å²) in [5, 5.41) is 47.4. The lowest BCUT2D eigenvalue weighted by molar-refractivity contribution is -0.315. The molecular formula is C39H72N2O12. The number of epoxide rings is 1. The van der Waals surface area contributed by atoms with Gasteiger partial charge in [0.05, 0.1) is 42.5 Å². The van der Waals surface area contributed by atoms with Gasteiger partial charge < -0.3 is 63.4 Å². The van der Waals surface area contributed by atoms with E-state index < -0.39 is 95.5 Å². The molecule has 18 atom stereocenters. The number of hydrogen-bond donors (Lipinski definition) is 4. The van der Waals surface area contributed by atoms with Gasteiger partial charge in [0.25, 0.3) is 0 Å². The van der Waals surface area contributed by atoms with Crippen LogP contribution in [-0.4, -0.2) is 167 Å². The average molecular weight is 761 g/mol. The second kappa shape index (κ2) is 16.8. The minimum atomic E-state index is -1.78. The molecule has 0 aromatic heterocycles. The normalized spacial score (nSPS) is 51.1. The molecule has 0 aromatic carbocycles. The Balaban J connectivity index is 1.81. The van der Waals surface area contributed by atoms with E-state index in [0.717, 1.165) is 0 Å². The van der Waals surface area contributed by atoms with Gasteiger partial charge in [-0.2, -0.15) is 0 Å². The highest BCUT2D eigenvalue weighted by Gasteiger charge is 2.67. The van der Waals surface area contributed by atoms with Crippen LogP contribution in [0.2, 0.25) is 0 Å². The summed E-state index contributed by atoms with van der Waals surface area (Å²) in [4.78, 5) is 18.2. The molecule has 0 aromatic rings. The molecule has 0 bridgehead atoms. The summed E-state index contributed by atoms with van der Waals surface area (Å²) in [5.74, 6) is -2.46. The summed E-state index contributed by atoms with van der Waals surface area (Å²) in [5.41, 5.74) is -4.68. The van der Waals surface area contributed by atoms with Crippen LogP contribution in [0.1, 0.15) is 94.9 Å².